The van der Waals surface area contributed by atoms with Gasteiger partial charge in [0.2, 0.25) is 0 Å². The number of rotatable bonds is 6. The Hall–Kier alpha value is -1.55. The molecule has 1 N–H and O–H groups in total. The lowest BCUT2D eigenvalue weighted by Crippen LogP contribution is -2.31. The van der Waals surface area contributed by atoms with Crippen molar-refractivity contribution in [3.8, 4) is 5.75 Å². The molecule has 1 atom stereocenters. The predicted molar refractivity (Wildman–Crippen MR) is 73.7 cm³/mol. The van der Waals surface area contributed by atoms with E-state index in [4.69, 9.17) is 14.6 Å². The lowest BCUT2D eigenvalue weighted by Gasteiger charge is -2.23. The van der Waals surface area contributed by atoms with Gasteiger partial charge in [-0.15, -0.1) is 0 Å². The van der Waals surface area contributed by atoms with E-state index in [1.165, 1.54) is 0 Å². The maximum absolute atomic E-state index is 11.0. The summed E-state index contributed by atoms with van der Waals surface area (Å²) in [5.41, 5.74) is 0.997. The summed E-state index contributed by atoms with van der Waals surface area (Å²) in [4.78, 5) is 11.0. The first-order valence-corrected chi connectivity index (χ1v) is 6.43. The van der Waals surface area contributed by atoms with Gasteiger partial charge >= 0.3 is 5.97 Å². The van der Waals surface area contributed by atoms with Gasteiger partial charge in [0.25, 0.3) is 0 Å². The molecule has 0 aromatic heterocycles. The van der Waals surface area contributed by atoms with Crippen LogP contribution in [0, 0.1) is 0 Å². The molecular formula is C15H22O4. The molecule has 0 aliphatic rings. The standard InChI is InChI=1S/C15H22O4/c1-5-18-13(14(16)17)10-19-12-9-7-6-8-11(12)15(2,3)4/h6-9,13H,5,10H2,1-4H3,(H,16,17). The minimum atomic E-state index is -1.00. The summed E-state index contributed by atoms with van der Waals surface area (Å²) in [6, 6.07) is 7.67. The second kappa shape index (κ2) is 6.57. The molecule has 0 saturated carbocycles. The monoisotopic (exact) mass is 266 g/mol. The summed E-state index contributed by atoms with van der Waals surface area (Å²) in [5, 5.41) is 9.01. The van der Waals surface area contributed by atoms with E-state index in [1.54, 1.807) is 6.92 Å². The highest BCUT2D eigenvalue weighted by atomic mass is 16.5. The van der Waals surface area contributed by atoms with Gasteiger partial charge in [-0.1, -0.05) is 39.0 Å². The first-order valence-electron chi connectivity index (χ1n) is 6.43. The summed E-state index contributed by atoms with van der Waals surface area (Å²) >= 11 is 0. The molecule has 106 valence electrons. The zero-order valence-corrected chi connectivity index (χ0v) is 12.0. The predicted octanol–water partition coefficient (Wildman–Crippen LogP) is 2.85. The number of hydrogen-bond donors (Lipinski definition) is 1. The lowest BCUT2D eigenvalue weighted by atomic mass is 9.86. The molecular weight excluding hydrogens is 244 g/mol. The van der Waals surface area contributed by atoms with Crippen molar-refractivity contribution in [3.63, 3.8) is 0 Å². The van der Waals surface area contributed by atoms with Crippen LogP contribution in [0.1, 0.15) is 33.3 Å². The molecule has 4 nitrogen and oxygen atoms in total. The summed E-state index contributed by atoms with van der Waals surface area (Å²) < 4.78 is 10.8. The van der Waals surface area contributed by atoms with E-state index < -0.39 is 12.1 Å². The molecule has 0 saturated heterocycles. The zero-order valence-electron chi connectivity index (χ0n) is 12.0. The molecule has 0 aliphatic heterocycles. The van der Waals surface area contributed by atoms with Crippen LogP contribution < -0.4 is 4.74 Å². The summed E-state index contributed by atoms with van der Waals surface area (Å²) in [5.74, 6) is -0.295. The highest BCUT2D eigenvalue weighted by Gasteiger charge is 2.22. The Bertz CT molecular complexity index is 420. The number of benzene rings is 1. The maximum Gasteiger partial charge on any atom is 0.336 e. The molecule has 0 heterocycles. The molecule has 0 bridgehead atoms. The molecule has 4 heteroatoms. The van der Waals surface area contributed by atoms with Gasteiger partial charge in [0.05, 0.1) is 0 Å². The normalized spacial score (nSPS) is 13.1. The first-order chi connectivity index (χ1) is 8.86. The summed E-state index contributed by atoms with van der Waals surface area (Å²) in [6.45, 7) is 8.39. The minimum Gasteiger partial charge on any atom is -0.490 e. The van der Waals surface area contributed by atoms with E-state index in [0.29, 0.717) is 12.4 Å². The molecule has 1 rings (SSSR count). The van der Waals surface area contributed by atoms with Crippen LogP contribution >= 0.6 is 0 Å². The third-order valence-electron chi connectivity index (χ3n) is 2.73. The fourth-order valence-corrected chi connectivity index (χ4v) is 1.77. The van der Waals surface area contributed by atoms with Gasteiger partial charge in [0.1, 0.15) is 12.4 Å². The highest BCUT2D eigenvalue weighted by Crippen LogP contribution is 2.30. The molecule has 1 aromatic rings. The lowest BCUT2D eigenvalue weighted by molar-refractivity contribution is -0.152. The number of ether oxygens (including phenoxy) is 2. The van der Waals surface area contributed by atoms with Crippen molar-refractivity contribution >= 4 is 5.97 Å². The fourth-order valence-electron chi connectivity index (χ4n) is 1.77. The zero-order chi connectivity index (χ0) is 14.5. The van der Waals surface area contributed by atoms with Crippen LogP contribution in [0.15, 0.2) is 24.3 Å². The molecule has 0 fully saturated rings. The average molecular weight is 266 g/mol. The van der Waals surface area contributed by atoms with Crippen molar-refractivity contribution in [1.29, 1.82) is 0 Å². The van der Waals surface area contributed by atoms with E-state index in [2.05, 4.69) is 20.8 Å². The van der Waals surface area contributed by atoms with Gasteiger partial charge in [-0.25, -0.2) is 4.79 Å². The summed E-state index contributed by atoms with van der Waals surface area (Å²) in [6.07, 6.45) is -0.932. The Kier molecular flexibility index (Phi) is 5.36. The molecule has 0 amide bonds. The van der Waals surface area contributed by atoms with Gasteiger partial charge in [-0.2, -0.15) is 0 Å². The number of hydrogen-bond acceptors (Lipinski definition) is 3. The van der Waals surface area contributed by atoms with Crippen LogP contribution in [-0.2, 0) is 14.9 Å². The second-order valence-corrected chi connectivity index (χ2v) is 5.34. The maximum atomic E-state index is 11.0. The topological polar surface area (TPSA) is 55.8 Å². The molecule has 19 heavy (non-hydrogen) atoms. The SMILES string of the molecule is CCOC(COc1ccccc1C(C)(C)C)C(=O)O. The van der Waals surface area contributed by atoms with Crippen molar-refractivity contribution in [2.75, 3.05) is 13.2 Å². The van der Waals surface area contributed by atoms with Crippen LogP contribution in [0.25, 0.3) is 0 Å². The molecule has 1 aromatic carbocycles. The van der Waals surface area contributed by atoms with Crippen molar-refractivity contribution in [1.82, 2.24) is 0 Å². The van der Waals surface area contributed by atoms with E-state index in [1.807, 2.05) is 24.3 Å². The van der Waals surface area contributed by atoms with Crippen LogP contribution in [-0.4, -0.2) is 30.4 Å². The third kappa shape index (κ3) is 4.56. The van der Waals surface area contributed by atoms with E-state index in [9.17, 15) is 4.79 Å². The number of aliphatic carboxylic acids is 1. The van der Waals surface area contributed by atoms with Gasteiger partial charge in [0, 0.05) is 6.61 Å². The van der Waals surface area contributed by atoms with Gasteiger partial charge in [-0.05, 0) is 24.0 Å². The largest absolute Gasteiger partial charge is 0.490 e. The third-order valence-corrected chi connectivity index (χ3v) is 2.73. The smallest absolute Gasteiger partial charge is 0.336 e. The minimum absolute atomic E-state index is 0.0102. The highest BCUT2D eigenvalue weighted by molar-refractivity contribution is 5.72. The van der Waals surface area contributed by atoms with E-state index in [0.717, 1.165) is 5.56 Å². The number of carboxylic acid groups (broad SMARTS) is 1. The molecule has 0 spiro atoms. The number of carbonyl (C=O) groups is 1. The first kappa shape index (κ1) is 15.5. The van der Waals surface area contributed by atoms with Crippen LogP contribution in [0.2, 0.25) is 0 Å². The van der Waals surface area contributed by atoms with Gasteiger partial charge < -0.3 is 14.6 Å². The summed E-state index contributed by atoms with van der Waals surface area (Å²) in [7, 11) is 0. The van der Waals surface area contributed by atoms with Gasteiger partial charge in [-0.3, -0.25) is 0 Å². The van der Waals surface area contributed by atoms with Gasteiger partial charge in [0.15, 0.2) is 6.10 Å². The Morgan fingerprint density at radius 1 is 1.32 bits per heavy atom. The van der Waals surface area contributed by atoms with E-state index in [-0.39, 0.29) is 12.0 Å². The molecule has 1 unspecified atom stereocenters. The fraction of sp³-hybridized carbons (Fsp3) is 0.533. The molecule has 0 radical (unpaired) electrons. The quantitative estimate of drug-likeness (QED) is 0.860. The number of para-hydroxylation sites is 1. The van der Waals surface area contributed by atoms with Crippen molar-refractivity contribution in [3.05, 3.63) is 29.8 Å². The van der Waals surface area contributed by atoms with Crippen LogP contribution in [0.5, 0.6) is 5.75 Å². The Morgan fingerprint density at radius 3 is 2.47 bits per heavy atom. The van der Waals surface area contributed by atoms with Crippen LogP contribution in [0.4, 0.5) is 0 Å². The number of carboxylic acids is 1. The average Bonchev–Trinajstić information content (AvgIpc) is 2.33. The van der Waals surface area contributed by atoms with Crippen LogP contribution in [0.3, 0.4) is 0 Å². The van der Waals surface area contributed by atoms with E-state index >= 15 is 0 Å². The Labute approximate surface area is 114 Å². The van der Waals surface area contributed by atoms with Crippen molar-refractivity contribution in [2.24, 2.45) is 0 Å². The van der Waals surface area contributed by atoms with Crippen molar-refractivity contribution < 1.29 is 19.4 Å². The Morgan fingerprint density at radius 2 is 1.95 bits per heavy atom. The Balaban J connectivity index is 2.80. The van der Waals surface area contributed by atoms with Crippen molar-refractivity contribution in [2.45, 2.75) is 39.2 Å². The molecule has 0 aliphatic carbocycles. The second-order valence-electron chi connectivity index (χ2n) is 5.34.